The molecule has 1 aliphatic heterocycles. The van der Waals surface area contributed by atoms with E-state index in [9.17, 15) is 4.79 Å². The number of piperidine rings is 1. The van der Waals surface area contributed by atoms with Crippen molar-refractivity contribution in [3.63, 3.8) is 0 Å². The van der Waals surface area contributed by atoms with Crippen molar-refractivity contribution in [1.29, 1.82) is 0 Å². The second-order valence-electron chi connectivity index (χ2n) is 7.30. The van der Waals surface area contributed by atoms with Crippen LogP contribution in [0.25, 0.3) is 0 Å². The van der Waals surface area contributed by atoms with Crippen LogP contribution in [0.1, 0.15) is 57.8 Å². The Labute approximate surface area is 141 Å². The van der Waals surface area contributed by atoms with Crippen molar-refractivity contribution in [1.82, 2.24) is 15.5 Å². The number of carbonyl (C=O) groups excluding carboxylic acids is 1. The third-order valence-electron chi connectivity index (χ3n) is 5.32. The number of nitrogens with one attached hydrogen (secondary N) is 2. The number of carbonyl (C=O) groups is 1. The molecule has 0 atom stereocenters. The minimum Gasteiger partial charge on any atom is -0.352 e. The number of amides is 1. The highest BCUT2D eigenvalue weighted by Gasteiger charge is 2.25. The zero-order valence-corrected chi connectivity index (χ0v) is 14.5. The van der Waals surface area contributed by atoms with Crippen LogP contribution in [0, 0.1) is 5.92 Å². The second kappa shape index (κ2) is 9.09. The first-order valence-corrected chi connectivity index (χ1v) is 9.05. The molecule has 3 rings (SSSR count). The van der Waals surface area contributed by atoms with Crippen molar-refractivity contribution >= 4 is 18.3 Å². The minimum absolute atomic E-state index is 0. The number of halogens is 1. The van der Waals surface area contributed by atoms with Gasteiger partial charge >= 0.3 is 0 Å². The molecule has 0 radical (unpaired) electrons. The fourth-order valence-electron chi connectivity index (χ4n) is 3.67. The Bertz CT molecular complexity index is 335. The fourth-order valence-corrected chi connectivity index (χ4v) is 3.67. The van der Waals surface area contributed by atoms with Gasteiger partial charge in [-0.05, 0) is 51.0 Å². The van der Waals surface area contributed by atoms with Gasteiger partial charge in [-0.3, -0.25) is 9.69 Å². The van der Waals surface area contributed by atoms with Gasteiger partial charge in [-0.25, -0.2) is 0 Å². The van der Waals surface area contributed by atoms with Crippen molar-refractivity contribution in [2.45, 2.75) is 69.9 Å². The van der Waals surface area contributed by atoms with Gasteiger partial charge in [0.25, 0.3) is 0 Å². The SMILES string of the molecule is Cl.O=C(CN1CCC(NCC2CC2)CC1)NC1CCCCC1. The number of hydrogen-bond acceptors (Lipinski definition) is 3. The molecule has 1 saturated heterocycles. The van der Waals surface area contributed by atoms with E-state index < -0.39 is 0 Å². The Morgan fingerprint density at radius 3 is 2.23 bits per heavy atom. The van der Waals surface area contributed by atoms with E-state index >= 15 is 0 Å². The largest absolute Gasteiger partial charge is 0.352 e. The maximum atomic E-state index is 12.1. The molecule has 1 amide bonds. The minimum atomic E-state index is 0. The Hall–Kier alpha value is -0.320. The van der Waals surface area contributed by atoms with Gasteiger partial charge in [0.1, 0.15) is 0 Å². The van der Waals surface area contributed by atoms with Gasteiger partial charge < -0.3 is 10.6 Å². The first-order chi connectivity index (χ1) is 10.3. The first-order valence-electron chi connectivity index (χ1n) is 9.05. The molecular weight excluding hydrogens is 298 g/mol. The zero-order valence-electron chi connectivity index (χ0n) is 13.7. The summed E-state index contributed by atoms with van der Waals surface area (Å²) in [7, 11) is 0. The van der Waals surface area contributed by atoms with Crippen molar-refractivity contribution in [2.75, 3.05) is 26.2 Å². The summed E-state index contributed by atoms with van der Waals surface area (Å²) in [5.74, 6) is 1.20. The Balaban J connectivity index is 0.00000176. The Kier molecular flexibility index (Phi) is 7.45. The van der Waals surface area contributed by atoms with E-state index in [1.807, 2.05) is 0 Å². The van der Waals surface area contributed by atoms with E-state index in [0.717, 1.165) is 19.0 Å². The van der Waals surface area contributed by atoms with E-state index in [4.69, 9.17) is 0 Å². The summed E-state index contributed by atoms with van der Waals surface area (Å²) in [5.41, 5.74) is 0. The van der Waals surface area contributed by atoms with Crippen LogP contribution in [0.4, 0.5) is 0 Å². The van der Waals surface area contributed by atoms with Crippen molar-refractivity contribution in [3.8, 4) is 0 Å². The normalized spacial score (nSPS) is 24.7. The molecule has 2 aliphatic carbocycles. The topological polar surface area (TPSA) is 44.4 Å². The molecule has 4 nitrogen and oxygen atoms in total. The molecule has 0 aromatic heterocycles. The Morgan fingerprint density at radius 1 is 0.909 bits per heavy atom. The summed E-state index contributed by atoms with van der Waals surface area (Å²) < 4.78 is 0. The zero-order chi connectivity index (χ0) is 14.5. The standard InChI is InChI=1S/C17H31N3O.ClH/c21-17(19-16-4-2-1-3-5-16)13-20-10-8-15(9-11-20)18-12-14-6-7-14;/h14-16,18H,1-13H2,(H,19,21);1H. The van der Waals surface area contributed by atoms with E-state index in [-0.39, 0.29) is 18.3 Å². The molecule has 3 aliphatic rings. The van der Waals surface area contributed by atoms with Crippen LogP contribution < -0.4 is 10.6 Å². The summed E-state index contributed by atoms with van der Waals surface area (Å²) in [5, 5.41) is 6.93. The van der Waals surface area contributed by atoms with Gasteiger partial charge in [-0.1, -0.05) is 19.3 Å². The molecule has 0 aromatic carbocycles. The predicted molar refractivity (Wildman–Crippen MR) is 92.5 cm³/mol. The van der Waals surface area contributed by atoms with Crippen molar-refractivity contribution in [3.05, 3.63) is 0 Å². The lowest BCUT2D eigenvalue weighted by Gasteiger charge is -2.32. The lowest BCUT2D eigenvalue weighted by molar-refractivity contribution is -0.123. The van der Waals surface area contributed by atoms with E-state index in [1.54, 1.807) is 0 Å². The van der Waals surface area contributed by atoms with Gasteiger partial charge in [0.05, 0.1) is 6.54 Å². The quantitative estimate of drug-likeness (QED) is 0.786. The summed E-state index contributed by atoms with van der Waals surface area (Å²) >= 11 is 0. The third-order valence-corrected chi connectivity index (χ3v) is 5.32. The highest BCUT2D eigenvalue weighted by Crippen LogP contribution is 2.28. The molecule has 0 unspecified atom stereocenters. The number of nitrogens with zero attached hydrogens (tertiary/aromatic N) is 1. The molecule has 0 aromatic rings. The van der Waals surface area contributed by atoms with E-state index in [2.05, 4.69) is 15.5 Å². The predicted octanol–water partition coefficient (Wildman–Crippen LogP) is 2.32. The first kappa shape index (κ1) is 18.0. The van der Waals surface area contributed by atoms with Crippen LogP contribution in [0.15, 0.2) is 0 Å². The van der Waals surface area contributed by atoms with Gasteiger partial charge in [0.15, 0.2) is 0 Å². The van der Waals surface area contributed by atoms with E-state index in [0.29, 0.717) is 18.6 Å². The average Bonchev–Trinajstić information content (AvgIpc) is 3.32. The third kappa shape index (κ3) is 6.05. The van der Waals surface area contributed by atoms with E-state index in [1.165, 1.54) is 64.3 Å². The summed E-state index contributed by atoms with van der Waals surface area (Å²) in [6, 6.07) is 1.13. The molecule has 0 bridgehead atoms. The average molecular weight is 330 g/mol. The summed E-state index contributed by atoms with van der Waals surface area (Å²) in [6.45, 7) is 3.96. The van der Waals surface area contributed by atoms with Crippen LogP contribution in [0.3, 0.4) is 0 Å². The lowest BCUT2D eigenvalue weighted by Crippen LogP contribution is -2.48. The highest BCUT2D eigenvalue weighted by atomic mass is 35.5. The lowest BCUT2D eigenvalue weighted by atomic mass is 9.95. The number of rotatable bonds is 6. The molecule has 1 heterocycles. The molecular formula is C17H32ClN3O. The molecule has 22 heavy (non-hydrogen) atoms. The van der Waals surface area contributed by atoms with Gasteiger partial charge in [0.2, 0.25) is 5.91 Å². The molecule has 5 heteroatoms. The smallest absolute Gasteiger partial charge is 0.234 e. The van der Waals surface area contributed by atoms with Gasteiger partial charge in [-0.15, -0.1) is 12.4 Å². The maximum absolute atomic E-state index is 12.1. The number of hydrogen-bond donors (Lipinski definition) is 2. The molecule has 2 N–H and O–H groups in total. The van der Waals surface area contributed by atoms with Crippen LogP contribution in [0.2, 0.25) is 0 Å². The van der Waals surface area contributed by atoms with Crippen molar-refractivity contribution in [2.24, 2.45) is 5.92 Å². The van der Waals surface area contributed by atoms with Crippen LogP contribution in [-0.4, -0.2) is 49.1 Å². The maximum Gasteiger partial charge on any atom is 0.234 e. The van der Waals surface area contributed by atoms with Gasteiger partial charge in [-0.2, -0.15) is 0 Å². The summed E-state index contributed by atoms with van der Waals surface area (Å²) in [4.78, 5) is 14.4. The highest BCUT2D eigenvalue weighted by molar-refractivity contribution is 5.85. The molecule has 128 valence electrons. The van der Waals surface area contributed by atoms with Crippen molar-refractivity contribution < 1.29 is 4.79 Å². The number of likely N-dealkylation sites (tertiary alicyclic amines) is 1. The fraction of sp³-hybridized carbons (Fsp3) is 0.941. The van der Waals surface area contributed by atoms with Crippen LogP contribution in [-0.2, 0) is 4.79 Å². The molecule has 2 saturated carbocycles. The monoisotopic (exact) mass is 329 g/mol. The van der Waals surface area contributed by atoms with Crippen LogP contribution >= 0.6 is 12.4 Å². The Morgan fingerprint density at radius 2 is 1.59 bits per heavy atom. The molecule has 3 fully saturated rings. The second-order valence-corrected chi connectivity index (χ2v) is 7.30. The van der Waals surface area contributed by atoms with Gasteiger partial charge in [0, 0.05) is 25.2 Å². The molecule has 0 spiro atoms. The summed E-state index contributed by atoms with van der Waals surface area (Å²) in [6.07, 6.45) is 11.5. The van der Waals surface area contributed by atoms with Crippen LogP contribution in [0.5, 0.6) is 0 Å².